The normalized spacial score (nSPS) is 16.2. The van der Waals surface area contributed by atoms with Crippen molar-refractivity contribution in [3.63, 3.8) is 0 Å². The summed E-state index contributed by atoms with van der Waals surface area (Å²) >= 11 is 0. The van der Waals surface area contributed by atoms with Gasteiger partial charge in [0, 0.05) is 11.1 Å². The molecular weight excluding hydrogens is 409 g/mol. The molecule has 0 fully saturated rings. The van der Waals surface area contributed by atoms with Gasteiger partial charge in [-0.15, -0.1) is 0 Å². The number of benzene rings is 3. The molecule has 158 valence electrons. The molecule has 1 N–H and O–H groups in total. The summed E-state index contributed by atoms with van der Waals surface area (Å²) in [4.78, 5) is 28.0. The Hall–Kier alpha value is -4.19. The molecule has 0 saturated carbocycles. The zero-order chi connectivity index (χ0) is 22.4. The summed E-state index contributed by atoms with van der Waals surface area (Å²) in [6, 6.07) is 20.5. The van der Waals surface area contributed by atoms with E-state index in [1.54, 1.807) is 30.3 Å². The van der Waals surface area contributed by atoms with Crippen molar-refractivity contribution < 1.29 is 23.5 Å². The largest absolute Gasteiger partial charge is 0.503 e. The minimum absolute atomic E-state index is 0.0279. The number of hydrogen-bond acceptors (Lipinski definition) is 4. The number of rotatable bonds is 4. The Kier molecular flexibility index (Phi) is 4.63. The van der Waals surface area contributed by atoms with E-state index in [-0.39, 0.29) is 11.3 Å². The van der Waals surface area contributed by atoms with E-state index in [4.69, 9.17) is 4.42 Å². The number of Topliss-reactive ketones (excluding diaryl/α,β-unsaturated/α-hetero) is 1. The Morgan fingerprint density at radius 3 is 2.41 bits per heavy atom. The van der Waals surface area contributed by atoms with Gasteiger partial charge in [0.15, 0.2) is 11.5 Å². The summed E-state index contributed by atoms with van der Waals surface area (Å²) in [5.41, 5.74) is 2.33. The van der Waals surface area contributed by atoms with E-state index in [1.165, 1.54) is 29.2 Å². The number of ketones is 1. The molecule has 2 heterocycles. The summed E-state index contributed by atoms with van der Waals surface area (Å²) in [6.45, 7) is 1.86. The molecular formula is C26H18FNO4. The maximum atomic E-state index is 13.5. The highest BCUT2D eigenvalue weighted by molar-refractivity contribution is 6.20. The van der Waals surface area contributed by atoms with Crippen molar-refractivity contribution in [2.24, 2.45) is 0 Å². The number of anilines is 1. The van der Waals surface area contributed by atoms with Crippen molar-refractivity contribution in [3.8, 4) is 0 Å². The van der Waals surface area contributed by atoms with Crippen molar-refractivity contribution in [2.75, 3.05) is 4.90 Å². The number of aryl methyl sites for hydroxylation is 1. The van der Waals surface area contributed by atoms with E-state index in [0.29, 0.717) is 16.8 Å². The minimum Gasteiger partial charge on any atom is -0.503 e. The van der Waals surface area contributed by atoms with Gasteiger partial charge in [0.2, 0.25) is 5.78 Å². The highest BCUT2D eigenvalue weighted by Gasteiger charge is 2.45. The van der Waals surface area contributed by atoms with Crippen LogP contribution in [0.25, 0.3) is 11.0 Å². The number of furan rings is 1. The first-order chi connectivity index (χ1) is 15.5. The van der Waals surface area contributed by atoms with Gasteiger partial charge < -0.3 is 9.52 Å². The number of amides is 1. The van der Waals surface area contributed by atoms with E-state index in [1.807, 2.05) is 31.2 Å². The number of hydrogen-bond donors (Lipinski definition) is 1. The second kappa shape index (κ2) is 7.50. The number of aliphatic hydroxyl groups is 1. The molecule has 0 bridgehead atoms. The average Bonchev–Trinajstić information content (AvgIpc) is 3.34. The van der Waals surface area contributed by atoms with Gasteiger partial charge in [-0.1, -0.05) is 42.5 Å². The van der Waals surface area contributed by atoms with Crippen LogP contribution in [-0.2, 0) is 4.79 Å². The molecule has 0 spiro atoms. The molecule has 5 nitrogen and oxygen atoms in total. The van der Waals surface area contributed by atoms with Gasteiger partial charge >= 0.3 is 0 Å². The number of nitrogens with zero attached hydrogens (tertiary/aromatic N) is 1. The zero-order valence-electron chi connectivity index (χ0n) is 17.1. The number of fused-ring (bicyclic) bond motifs is 1. The smallest absolute Gasteiger partial charge is 0.294 e. The van der Waals surface area contributed by atoms with Crippen LogP contribution in [0.1, 0.15) is 27.7 Å². The molecule has 1 amide bonds. The second-order valence-electron chi connectivity index (χ2n) is 7.65. The number of carbonyl (C=O) groups excluding carboxylic acids is 2. The number of halogens is 1. The SMILES string of the molecule is Cc1ccccc1C1C(C(=O)c2cc3ccccc3o2)=C(O)C(=O)N1c1ccc(F)cc1. The van der Waals surface area contributed by atoms with Gasteiger partial charge in [0.05, 0.1) is 11.6 Å². The van der Waals surface area contributed by atoms with Crippen LogP contribution < -0.4 is 4.90 Å². The molecule has 1 unspecified atom stereocenters. The number of aliphatic hydroxyl groups excluding tert-OH is 1. The molecule has 6 heteroatoms. The molecule has 3 aromatic carbocycles. The van der Waals surface area contributed by atoms with Gasteiger partial charge in [-0.25, -0.2) is 4.39 Å². The fourth-order valence-electron chi connectivity index (χ4n) is 4.12. The van der Waals surface area contributed by atoms with Crippen LogP contribution in [0.3, 0.4) is 0 Å². The summed E-state index contributed by atoms with van der Waals surface area (Å²) in [7, 11) is 0. The molecule has 0 saturated heterocycles. The lowest BCUT2D eigenvalue weighted by Gasteiger charge is -2.27. The van der Waals surface area contributed by atoms with E-state index >= 15 is 0 Å². The Morgan fingerprint density at radius 2 is 1.69 bits per heavy atom. The third kappa shape index (κ3) is 3.08. The van der Waals surface area contributed by atoms with Crippen LogP contribution in [0, 0.1) is 12.7 Å². The first kappa shape index (κ1) is 19.8. The maximum Gasteiger partial charge on any atom is 0.294 e. The highest BCUT2D eigenvalue weighted by Crippen LogP contribution is 2.43. The third-order valence-corrected chi connectivity index (χ3v) is 5.69. The Bertz CT molecular complexity index is 1370. The summed E-state index contributed by atoms with van der Waals surface area (Å²) in [5, 5.41) is 11.6. The Labute approximate surface area is 183 Å². The van der Waals surface area contributed by atoms with E-state index in [9.17, 15) is 19.1 Å². The van der Waals surface area contributed by atoms with Gasteiger partial charge in [-0.05, 0) is 54.4 Å². The maximum absolute atomic E-state index is 13.5. The van der Waals surface area contributed by atoms with Gasteiger partial charge in [0.1, 0.15) is 11.4 Å². The van der Waals surface area contributed by atoms with Crippen molar-refractivity contribution >= 4 is 28.3 Å². The number of para-hydroxylation sites is 1. The number of carbonyl (C=O) groups is 2. The first-order valence-corrected chi connectivity index (χ1v) is 10.1. The predicted molar refractivity (Wildman–Crippen MR) is 118 cm³/mol. The van der Waals surface area contributed by atoms with E-state index in [0.717, 1.165) is 10.9 Å². The summed E-state index contributed by atoms with van der Waals surface area (Å²) in [6.07, 6.45) is 0. The quantitative estimate of drug-likeness (QED) is 0.427. The summed E-state index contributed by atoms with van der Waals surface area (Å²) < 4.78 is 19.3. The first-order valence-electron chi connectivity index (χ1n) is 10.1. The Balaban J connectivity index is 1.68. The van der Waals surface area contributed by atoms with Crippen molar-refractivity contribution in [1.29, 1.82) is 0 Å². The lowest BCUT2D eigenvalue weighted by Crippen LogP contribution is -2.31. The standard InChI is InChI=1S/C26H18FNO4/c1-15-6-2-4-8-19(15)23-22(24(29)21-14-16-7-3-5-9-20(16)32-21)25(30)26(31)28(23)18-12-10-17(27)11-13-18/h2-14,23,30H,1H3. The molecule has 1 aliphatic rings. The van der Waals surface area contributed by atoms with Crippen LogP contribution in [0.4, 0.5) is 10.1 Å². The van der Waals surface area contributed by atoms with Crippen LogP contribution >= 0.6 is 0 Å². The fraction of sp³-hybridized carbons (Fsp3) is 0.0769. The molecule has 4 aromatic rings. The van der Waals surface area contributed by atoms with Crippen molar-refractivity contribution in [2.45, 2.75) is 13.0 Å². The zero-order valence-corrected chi connectivity index (χ0v) is 17.1. The highest BCUT2D eigenvalue weighted by atomic mass is 19.1. The second-order valence-corrected chi connectivity index (χ2v) is 7.65. The monoisotopic (exact) mass is 427 g/mol. The lowest BCUT2D eigenvalue weighted by atomic mass is 9.92. The molecule has 1 aliphatic heterocycles. The van der Waals surface area contributed by atoms with Crippen LogP contribution in [0.15, 0.2) is 94.6 Å². The summed E-state index contributed by atoms with van der Waals surface area (Å²) in [5.74, 6) is -2.38. The third-order valence-electron chi connectivity index (χ3n) is 5.69. The average molecular weight is 427 g/mol. The molecule has 0 radical (unpaired) electrons. The molecule has 1 atom stereocenters. The van der Waals surface area contributed by atoms with Gasteiger partial charge in [-0.2, -0.15) is 0 Å². The van der Waals surface area contributed by atoms with Gasteiger partial charge in [-0.3, -0.25) is 14.5 Å². The molecule has 0 aliphatic carbocycles. The van der Waals surface area contributed by atoms with Crippen LogP contribution in [0.2, 0.25) is 0 Å². The Morgan fingerprint density at radius 1 is 1.00 bits per heavy atom. The van der Waals surface area contributed by atoms with Gasteiger partial charge in [0.25, 0.3) is 5.91 Å². The fourth-order valence-corrected chi connectivity index (χ4v) is 4.12. The minimum atomic E-state index is -0.894. The van der Waals surface area contributed by atoms with Crippen LogP contribution in [-0.4, -0.2) is 16.8 Å². The van der Waals surface area contributed by atoms with Crippen molar-refractivity contribution in [3.05, 3.63) is 113 Å². The van der Waals surface area contributed by atoms with E-state index < -0.39 is 29.3 Å². The molecule has 5 rings (SSSR count). The predicted octanol–water partition coefficient (Wildman–Crippen LogP) is 5.66. The topological polar surface area (TPSA) is 70.7 Å². The van der Waals surface area contributed by atoms with Crippen molar-refractivity contribution in [1.82, 2.24) is 0 Å². The lowest BCUT2D eigenvalue weighted by molar-refractivity contribution is -0.117. The molecule has 1 aromatic heterocycles. The van der Waals surface area contributed by atoms with Crippen LogP contribution in [0.5, 0.6) is 0 Å². The van der Waals surface area contributed by atoms with E-state index in [2.05, 4.69) is 0 Å². The molecule has 32 heavy (non-hydrogen) atoms.